The summed E-state index contributed by atoms with van der Waals surface area (Å²) < 4.78 is 76.0. The Morgan fingerprint density at radius 2 is 0.833 bits per heavy atom. The fourth-order valence-corrected chi connectivity index (χ4v) is 22.9. The zero-order valence-corrected chi connectivity index (χ0v) is 82.5. The van der Waals surface area contributed by atoms with Gasteiger partial charge < -0.3 is 47.1 Å². The van der Waals surface area contributed by atoms with Crippen molar-refractivity contribution in [2.24, 2.45) is 17.8 Å². The van der Waals surface area contributed by atoms with Gasteiger partial charge in [-0.2, -0.15) is 10.2 Å². The van der Waals surface area contributed by atoms with Crippen molar-refractivity contribution < 1.29 is 75.2 Å². The number of anilines is 4. The number of fused-ring (bicyclic) bond motifs is 12. The number of imidazole rings is 4. The maximum absolute atomic E-state index is 14.5. The van der Waals surface area contributed by atoms with Crippen molar-refractivity contribution in [1.29, 1.82) is 0 Å². The van der Waals surface area contributed by atoms with Gasteiger partial charge in [0.1, 0.15) is 44.7 Å². The van der Waals surface area contributed by atoms with E-state index >= 15 is 0 Å². The fourth-order valence-electron chi connectivity index (χ4n) is 22.1. The molecule has 0 saturated heterocycles. The molecular weight excluding hydrogens is 1800 g/mol. The molecule has 19 rings (SSSR count). The van der Waals surface area contributed by atoms with Gasteiger partial charge in [0, 0.05) is 158 Å². The lowest BCUT2D eigenvalue weighted by molar-refractivity contribution is -0.143. The lowest BCUT2D eigenvalue weighted by atomic mass is 9.83. The lowest BCUT2D eigenvalue weighted by Gasteiger charge is -2.34. The van der Waals surface area contributed by atoms with Crippen LogP contribution in [0.25, 0.3) is 44.1 Å². The van der Waals surface area contributed by atoms with Crippen molar-refractivity contribution in [2.45, 2.75) is 264 Å². The smallest absolute Gasteiger partial charge is 0.414 e. The third-order valence-corrected chi connectivity index (χ3v) is 30.5. The molecule has 4 aliphatic heterocycles. The molecule has 0 radical (unpaired) electrons. The number of methoxy groups -OCH3 is 5. The molecule has 732 valence electrons. The lowest BCUT2D eigenvalue weighted by Crippen LogP contribution is -2.42. The molecule has 0 bridgehead atoms. The number of hydrogen-bond acceptors (Lipinski definition) is 20. The number of aliphatic carboxylic acids is 1. The fraction of sp³-hybridized carbons (Fsp3) is 0.490. The first kappa shape index (κ1) is 98.5. The Hall–Kier alpha value is -12.5. The Labute approximate surface area is 808 Å². The largest absolute Gasteiger partial charge is 0.494 e. The highest BCUT2D eigenvalue weighted by molar-refractivity contribution is 7.90. The molecule has 3 saturated carbocycles. The molecule has 4 amide bonds. The summed E-state index contributed by atoms with van der Waals surface area (Å²) in [7, 11) is 4.05. The number of carboxylic acids is 1. The number of rotatable bonds is 21. The van der Waals surface area contributed by atoms with E-state index in [1.165, 1.54) is 47.9 Å². The molecule has 10 heterocycles. The molecule has 0 spiro atoms. The zero-order valence-electron chi connectivity index (χ0n) is 80.9. The Morgan fingerprint density at radius 1 is 0.449 bits per heavy atom. The van der Waals surface area contributed by atoms with Gasteiger partial charge in [-0.1, -0.05) is 42.6 Å². The molecule has 1 N–H and O–H groups in total. The second-order valence-corrected chi connectivity index (χ2v) is 40.8. The van der Waals surface area contributed by atoms with Gasteiger partial charge >= 0.3 is 30.3 Å². The van der Waals surface area contributed by atoms with Gasteiger partial charge in [0.2, 0.25) is 0 Å². The predicted molar refractivity (Wildman–Crippen MR) is 528 cm³/mol. The third-order valence-electron chi connectivity index (χ3n) is 29.2. The second kappa shape index (κ2) is 42.8. The van der Waals surface area contributed by atoms with Crippen LogP contribution in [-0.4, -0.2) is 185 Å². The van der Waals surface area contributed by atoms with E-state index in [0.29, 0.717) is 63.2 Å². The normalized spacial score (nSPS) is 20.7. The van der Waals surface area contributed by atoms with E-state index in [2.05, 4.69) is 47.5 Å². The Balaban J connectivity index is 0.000000133. The van der Waals surface area contributed by atoms with Crippen molar-refractivity contribution in [3.05, 3.63) is 195 Å². The number of carbonyl (C=O) groups is 7. The number of ether oxygens (including phenoxy) is 5. The molecule has 12 aromatic rings. The molecule has 6 aromatic carbocycles. The van der Waals surface area contributed by atoms with Crippen LogP contribution in [0, 0.1) is 23.6 Å². The summed E-state index contributed by atoms with van der Waals surface area (Å²) in [6.07, 6.45) is 27.4. The number of Topliss-reactive ketones (excluding diaryl/α,β-unsaturated/α-hetero) is 2. The van der Waals surface area contributed by atoms with Crippen LogP contribution < -0.4 is 24.3 Å². The molecular formula is C104H126ClFN16O15S. The summed E-state index contributed by atoms with van der Waals surface area (Å²) in [5.41, 5.74) is 17.4. The maximum atomic E-state index is 14.5. The number of carbonyl (C=O) groups excluding carboxylic acids is 6. The van der Waals surface area contributed by atoms with Gasteiger partial charge in [-0.15, -0.1) is 0 Å². The first-order valence-corrected chi connectivity index (χ1v) is 50.9. The summed E-state index contributed by atoms with van der Waals surface area (Å²) in [5, 5.41) is 18.8. The van der Waals surface area contributed by atoms with E-state index in [1.807, 2.05) is 121 Å². The molecule has 8 atom stereocenters. The quantitative estimate of drug-likeness (QED) is 0.0653. The number of ketones is 2. The van der Waals surface area contributed by atoms with Crippen LogP contribution in [0.15, 0.2) is 128 Å². The highest BCUT2D eigenvalue weighted by Gasteiger charge is 2.40. The number of benzene rings is 6. The number of amides is 4. The standard InChI is InChI=1S/C29H34FN3O4.C28H32ClN3O3.C25H31N5O4.C22H29N5O4S/c1-17-8-10-22-24(32(17)29(35)37-4)11-12-25-28(22)31-27(15-19-9-13-26(36-3)23(30)14-19)33(25)21-7-5-6-20(16-21)18(2)34;1-17-7-12-23-24(31(17)28(34)35-3)13-14-25-27(23)30-26(15-19-8-10-21(29)11-9-19)32(25)22-6-4-5-20(16-22)18(2)33;1-16-4-9-19-20(29(16)25(33)34-2)10-11-21-23(19)27-22(12-15-28-14-3-13-26-28)30(21)18-7-5-17(6-8-18)24(31)32;1-16-6-7-17-18(27(16)22(28)31-2)8-9-19-21(17)24-20(10-14-25-12-4-11-23-25)26(19)13-5-15-32(3,29)30/h9,11-14,17,20-21H,5-8,10,15-16H2,1-4H3;8-11,13-14,17,20,22H,4-7,12,15-16H2,1-3H3;3,10-11,13-14,16-18H,4-9,12,15H2,1-2H3,(H,31,32);4,8-9,11-12,16H,5-7,10,13-15H2,1-3H3/t17-,20+,21+;17-,20+,22+;16-,17?,18?;16-/m0000/s1. The maximum Gasteiger partial charge on any atom is 0.414 e. The summed E-state index contributed by atoms with van der Waals surface area (Å²) in [5.74, 6) is 3.33. The minimum absolute atomic E-state index is 0.0240. The summed E-state index contributed by atoms with van der Waals surface area (Å²) >= 11 is 6.12. The van der Waals surface area contributed by atoms with Crippen LogP contribution >= 0.6 is 11.6 Å². The number of hydrogen-bond donors (Lipinski definition) is 1. The van der Waals surface area contributed by atoms with E-state index in [4.69, 9.17) is 55.2 Å². The molecule has 3 aliphatic carbocycles. The molecule has 31 nitrogen and oxygen atoms in total. The number of halogens is 2. The van der Waals surface area contributed by atoms with E-state index in [1.54, 1.807) is 51.9 Å². The number of aryl methyl sites for hydroxylation is 9. The summed E-state index contributed by atoms with van der Waals surface area (Å²) in [6, 6.07) is 33.6. The second-order valence-electron chi connectivity index (χ2n) is 38.1. The zero-order chi connectivity index (χ0) is 97.7. The van der Waals surface area contributed by atoms with Crippen LogP contribution in [0.3, 0.4) is 0 Å². The highest BCUT2D eigenvalue weighted by Crippen LogP contribution is 2.47. The van der Waals surface area contributed by atoms with E-state index in [9.17, 15) is 51.5 Å². The van der Waals surface area contributed by atoms with E-state index in [0.717, 1.165) is 246 Å². The van der Waals surface area contributed by atoms with Gasteiger partial charge in [0.25, 0.3) is 0 Å². The molecule has 34 heteroatoms. The van der Waals surface area contributed by atoms with Crippen molar-refractivity contribution in [3.63, 3.8) is 0 Å². The van der Waals surface area contributed by atoms with Crippen LogP contribution in [0.2, 0.25) is 5.02 Å². The third kappa shape index (κ3) is 20.9. The first-order valence-electron chi connectivity index (χ1n) is 48.5. The summed E-state index contributed by atoms with van der Waals surface area (Å²) in [6.45, 7) is 13.5. The first-order chi connectivity index (χ1) is 66.4. The van der Waals surface area contributed by atoms with Gasteiger partial charge in [-0.3, -0.25) is 43.3 Å². The monoisotopic (exact) mass is 1920 g/mol. The topological polar surface area (TPSA) is 340 Å². The van der Waals surface area contributed by atoms with Gasteiger partial charge in [-0.25, -0.2) is 51.9 Å². The predicted octanol–water partition coefficient (Wildman–Crippen LogP) is 19.5. The Bertz CT molecular complexity index is 6600. The number of aromatic nitrogens is 12. The average Bonchev–Trinajstić information content (AvgIpc) is 1.49. The van der Waals surface area contributed by atoms with Gasteiger partial charge in [0.05, 0.1) is 114 Å². The van der Waals surface area contributed by atoms with Crippen molar-refractivity contribution >= 4 is 130 Å². The summed E-state index contributed by atoms with van der Waals surface area (Å²) in [4.78, 5) is 114. The number of sulfone groups is 1. The van der Waals surface area contributed by atoms with Crippen molar-refractivity contribution in [3.8, 4) is 5.75 Å². The van der Waals surface area contributed by atoms with Crippen LogP contribution in [-0.2, 0) is 114 Å². The molecule has 6 aromatic heterocycles. The number of nitrogens with zero attached hydrogens (tertiary/aromatic N) is 16. The molecule has 3 fully saturated rings. The Morgan fingerprint density at radius 3 is 1.22 bits per heavy atom. The highest BCUT2D eigenvalue weighted by atomic mass is 35.5. The van der Waals surface area contributed by atoms with Gasteiger partial charge in [0.15, 0.2) is 11.6 Å². The average molecular weight is 1930 g/mol. The minimum atomic E-state index is -3.04. The van der Waals surface area contributed by atoms with Crippen LogP contribution in [0.4, 0.5) is 46.3 Å². The number of carboxylic acid groups (broad SMARTS) is 1. The van der Waals surface area contributed by atoms with E-state index < -0.39 is 21.6 Å². The van der Waals surface area contributed by atoms with Crippen LogP contribution in [0.1, 0.15) is 226 Å². The van der Waals surface area contributed by atoms with Crippen molar-refractivity contribution in [2.75, 3.05) is 67.2 Å². The molecule has 7 aliphatic rings. The Kier molecular flexibility index (Phi) is 30.6. The van der Waals surface area contributed by atoms with Crippen LogP contribution in [0.5, 0.6) is 5.75 Å². The van der Waals surface area contributed by atoms with Crippen molar-refractivity contribution in [1.82, 2.24) is 57.8 Å². The molecule has 0 unspecified atom stereocenters. The van der Waals surface area contributed by atoms with Gasteiger partial charge in [-0.05, 0) is 260 Å². The molecule has 138 heavy (non-hydrogen) atoms. The SMILES string of the molecule is COC(=O)N1c2ccc3c(nc(CCn4cccn4)n3C3CCC(C(=O)O)CC3)c2CC[C@@H]1C.COC(=O)N1c2ccc3c(nc(CCn4cccn4)n3CCCS(C)(=O)=O)c2CC[C@@H]1C.COC(=O)N1c2ccc3c(nc(Cc4ccc(Cl)cc4)n3[C@@H]3CCC[C@@H](C(C)=O)C3)c2CC[C@@H]1C.COC(=O)N1c2ccc3c(nc(Cc4ccc(OC)c(F)c4)n3[C@@H]3CCC[C@@H](C(C)=O)C3)c2CC[C@@H]1C. The van der Waals surface area contributed by atoms with E-state index in [-0.39, 0.29) is 107 Å². The minimum Gasteiger partial charge on any atom is -0.494 e.